The molecule has 4 heteroatoms. The van der Waals surface area contributed by atoms with E-state index in [-0.39, 0.29) is 17.4 Å². The highest BCUT2D eigenvalue weighted by Gasteiger charge is 2.33. The lowest BCUT2D eigenvalue weighted by Crippen LogP contribution is -2.32. The zero-order valence-corrected chi connectivity index (χ0v) is 9.32. The number of hydrogen-bond donors (Lipinski definition) is 0. The molecule has 0 amide bonds. The van der Waals surface area contributed by atoms with Gasteiger partial charge in [0.05, 0.1) is 0 Å². The predicted octanol–water partition coefficient (Wildman–Crippen LogP) is 2.15. The van der Waals surface area contributed by atoms with Crippen LogP contribution in [0.4, 0.5) is 0 Å². The van der Waals surface area contributed by atoms with Crippen molar-refractivity contribution in [3.8, 4) is 0 Å². The fourth-order valence-corrected chi connectivity index (χ4v) is 1.46. The van der Waals surface area contributed by atoms with Gasteiger partial charge in [-0.05, 0) is 12.3 Å². The Hall–Kier alpha value is -0.930. The Morgan fingerprint density at radius 2 is 1.93 bits per heavy atom. The molecule has 0 bridgehead atoms. The normalized spacial score (nSPS) is 14.1. The van der Waals surface area contributed by atoms with Crippen LogP contribution in [0.15, 0.2) is 0 Å². The van der Waals surface area contributed by atoms with Crippen LogP contribution in [0.5, 0.6) is 0 Å². The molecule has 14 heavy (non-hydrogen) atoms. The molecule has 0 saturated carbocycles. The molecule has 0 aliphatic heterocycles. The Balaban J connectivity index is 4.53. The fourth-order valence-electron chi connectivity index (χ4n) is 1.46. The SMILES string of the molecule is CC(C)C[C@@H](C[N+](=O)[O-])C(C)(C)C=O. The van der Waals surface area contributed by atoms with Crippen molar-refractivity contribution in [2.24, 2.45) is 17.3 Å². The maximum Gasteiger partial charge on any atom is 0.207 e. The summed E-state index contributed by atoms with van der Waals surface area (Å²) in [7, 11) is 0. The summed E-state index contributed by atoms with van der Waals surface area (Å²) in [5, 5.41) is 10.4. The number of carbonyl (C=O) groups excluding carboxylic acids is 1. The Kier molecular flexibility index (Phi) is 4.74. The Bertz CT molecular complexity index is 211. The van der Waals surface area contributed by atoms with E-state index in [1.54, 1.807) is 13.8 Å². The van der Waals surface area contributed by atoms with Gasteiger partial charge in [-0.25, -0.2) is 0 Å². The van der Waals surface area contributed by atoms with Crippen molar-refractivity contribution >= 4 is 6.29 Å². The lowest BCUT2D eigenvalue weighted by atomic mass is 9.76. The van der Waals surface area contributed by atoms with Crippen molar-refractivity contribution in [2.45, 2.75) is 34.1 Å². The van der Waals surface area contributed by atoms with Gasteiger partial charge in [-0.15, -0.1) is 0 Å². The zero-order chi connectivity index (χ0) is 11.4. The molecule has 0 fully saturated rings. The average molecular weight is 201 g/mol. The highest BCUT2D eigenvalue weighted by Crippen LogP contribution is 2.29. The van der Waals surface area contributed by atoms with Crippen LogP contribution in [0, 0.1) is 27.4 Å². The van der Waals surface area contributed by atoms with Gasteiger partial charge in [0.15, 0.2) is 0 Å². The quantitative estimate of drug-likeness (QED) is 0.376. The van der Waals surface area contributed by atoms with Gasteiger partial charge in [0, 0.05) is 16.3 Å². The summed E-state index contributed by atoms with van der Waals surface area (Å²) in [4.78, 5) is 20.9. The second kappa shape index (κ2) is 5.08. The van der Waals surface area contributed by atoms with Crippen LogP contribution in [-0.4, -0.2) is 17.8 Å². The molecule has 0 aromatic heterocycles. The molecular formula is C10H19NO3. The van der Waals surface area contributed by atoms with E-state index in [2.05, 4.69) is 0 Å². The Morgan fingerprint density at radius 3 is 2.21 bits per heavy atom. The highest BCUT2D eigenvalue weighted by molar-refractivity contribution is 5.58. The first-order valence-corrected chi connectivity index (χ1v) is 4.87. The minimum Gasteiger partial charge on any atom is -0.303 e. The summed E-state index contributed by atoms with van der Waals surface area (Å²) < 4.78 is 0. The number of hydrogen-bond acceptors (Lipinski definition) is 3. The fraction of sp³-hybridized carbons (Fsp3) is 0.900. The second-order valence-corrected chi connectivity index (χ2v) is 4.78. The van der Waals surface area contributed by atoms with Crippen molar-refractivity contribution in [3.63, 3.8) is 0 Å². The smallest absolute Gasteiger partial charge is 0.207 e. The molecular weight excluding hydrogens is 182 g/mol. The maximum absolute atomic E-state index is 10.8. The van der Waals surface area contributed by atoms with Gasteiger partial charge < -0.3 is 4.79 Å². The summed E-state index contributed by atoms with van der Waals surface area (Å²) in [6.45, 7) is 7.42. The predicted molar refractivity (Wildman–Crippen MR) is 54.7 cm³/mol. The Morgan fingerprint density at radius 1 is 1.43 bits per heavy atom. The monoisotopic (exact) mass is 201 g/mol. The largest absolute Gasteiger partial charge is 0.303 e. The summed E-state index contributed by atoms with van der Waals surface area (Å²) in [6, 6.07) is 0. The van der Waals surface area contributed by atoms with E-state index in [9.17, 15) is 14.9 Å². The summed E-state index contributed by atoms with van der Waals surface area (Å²) in [5.41, 5.74) is -0.600. The molecule has 82 valence electrons. The van der Waals surface area contributed by atoms with Gasteiger partial charge in [-0.2, -0.15) is 0 Å². The zero-order valence-electron chi connectivity index (χ0n) is 9.32. The van der Waals surface area contributed by atoms with E-state index in [0.717, 1.165) is 6.29 Å². The van der Waals surface area contributed by atoms with Crippen molar-refractivity contribution in [2.75, 3.05) is 6.54 Å². The average Bonchev–Trinajstić information content (AvgIpc) is 2.01. The first-order valence-electron chi connectivity index (χ1n) is 4.87. The third kappa shape index (κ3) is 4.35. The van der Waals surface area contributed by atoms with Gasteiger partial charge in [-0.1, -0.05) is 27.7 Å². The van der Waals surface area contributed by atoms with Crippen LogP contribution in [-0.2, 0) is 4.79 Å². The van der Waals surface area contributed by atoms with E-state index in [1.165, 1.54) is 0 Å². The first-order chi connectivity index (χ1) is 6.29. The van der Waals surface area contributed by atoms with E-state index in [0.29, 0.717) is 12.3 Å². The molecule has 0 aromatic carbocycles. The molecule has 0 N–H and O–H groups in total. The lowest BCUT2D eigenvalue weighted by molar-refractivity contribution is -0.491. The van der Waals surface area contributed by atoms with Crippen LogP contribution < -0.4 is 0 Å². The molecule has 4 nitrogen and oxygen atoms in total. The molecule has 0 rings (SSSR count). The van der Waals surface area contributed by atoms with E-state index in [4.69, 9.17) is 0 Å². The minimum atomic E-state index is -0.600. The number of nitrogens with zero attached hydrogens (tertiary/aromatic N) is 1. The van der Waals surface area contributed by atoms with E-state index in [1.807, 2.05) is 13.8 Å². The van der Waals surface area contributed by atoms with Gasteiger partial charge in [0.2, 0.25) is 6.54 Å². The number of carbonyl (C=O) groups is 1. The molecule has 0 radical (unpaired) electrons. The van der Waals surface area contributed by atoms with Crippen LogP contribution in [0.1, 0.15) is 34.1 Å². The van der Waals surface area contributed by atoms with Crippen molar-refractivity contribution in [1.29, 1.82) is 0 Å². The molecule has 0 aliphatic carbocycles. The third-order valence-corrected chi connectivity index (χ3v) is 2.48. The molecule has 0 saturated heterocycles. The standard InChI is InChI=1S/C10H19NO3/c1-8(2)5-9(6-11(13)14)10(3,4)7-12/h7-9H,5-6H2,1-4H3/t9-/m0/s1. The first kappa shape index (κ1) is 13.1. The van der Waals surface area contributed by atoms with Crippen molar-refractivity contribution < 1.29 is 9.72 Å². The highest BCUT2D eigenvalue weighted by atomic mass is 16.6. The number of nitro groups is 1. The van der Waals surface area contributed by atoms with Crippen molar-refractivity contribution in [1.82, 2.24) is 0 Å². The number of aldehydes is 1. The minimum absolute atomic E-state index is 0.121. The molecule has 0 spiro atoms. The van der Waals surface area contributed by atoms with Gasteiger partial charge in [0.1, 0.15) is 6.29 Å². The van der Waals surface area contributed by atoms with Gasteiger partial charge in [0.25, 0.3) is 0 Å². The topological polar surface area (TPSA) is 60.2 Å². The number of rotatable bonds is 6. The van der Waals surface area contributed by atoms with Crippen LogP contribution in [0.2, 0.25) is 0 Å². The lowest BCUT2D eigenvalue weighted by Gasteiger charge is -2.27. The summed E-state index contributed by atoms with van der Waals surface area (Å²) >= 11 is 0. The molecule has 0 aromatic rings. The van der Waals surface area contributed by atoms with Crippen LogP contribution in [0.25, 0.3) is 0 Å². The molecule has 0 heterocycles. The Labute approximate surface area is 84.8 Å². The van der Waals surface area contributed by atoms with Gasteiger partial charge >= 0.3 is 0 Å². The second-order valence-electron chi connectivity index (χ2n) is 4.78. The van der Waals surface area contributed by atoms with Crippen molar-refractivity contribution in [3.05, 3.63) is 10.1 Å². The summed E-state index contributed by atoms with van der Waals surface area (Å²) in [6.07, 6.45) is 1.54. The van der Waals surface area contributed by atoms with Crippen LogP contribution in [0.3, 0.4) is 0 Å². The third-order valence-electron chi connectivity index (χ3n) is 2.48. The summed E-state index contributed by atoms with van der Waals surface area (Å²) in [5.74, 6) is 0.203. The van der Waals surface area contributed by atoms with Crippen LogP contribution >= 0.6 is 0 Å². The molecule has 1 atom stereocenters. The van der Waals surface area contributed by atoms with Gasteiger partial charge in [-0.3, -0.25) is 10.1 Å². The molecule has 0 aliphatic rings. The maximum atomic E-state index is 10.8. The van der Waals surface area contributed by atoms with E-state index >= 15 is 0 Å². The van der Waals surface area contributed by atoms with E-state index < -0.39 is 5.41 Å². The molecule has 0 unspecified atom stereocenters.